The van der Waals surface area contributed by atoms with Crippen molar-refractivity contribution in [2.75, 3.05) is 13.2 Å². The molecule has 1 heterocycles. The van der Waals surface area contributed by atoms with Crippen molar-refractivity contribution in [3.05, 3.63) is 41.8 Å². The van der Waals surface area contributed by atoms with Crippen LogP contribution in [0.1, 0.15) is 62.9 Å². The normalized spacial score (nSPS) is 10.7. The fourth-order valence-corrected chi connectivity index (χ4v) is 2.74. The number of carbonyl (C=O) groups is 1. The van der Waals surface area contributed by atoms with E-state index < -0.39 is 11.8 Å². The Morgan fingerprint density at radius 3 is 2.42 bits per heavy atom. The monoisotopic (exact) mass is 361 g/mol. The Morgan fingerprint density at radius 1 is 1.04 bits per heavy atom. The highest BCUT2D eigenvalue weighted by Gasteiger charge is 2.17. The lowest BCUT2D eigenvalue weighted by Gasteiger charge is -2.07. The summed E-state index contributed by atoms with van der Waals surface area (Å²) in [4.78, 5) is 14.5. The highest BCUT2D eigenvalue weighted by atomic mass is 19.1. The lowest BCUT2D eigenvalue weighted by Crippen LogP contribution is -2.06. The van der Waals surface area contributed by atoms with Gasteiger partial charge in [-0.1, -0.05) is 39.0 Å². The second kappa shape index (κ2) is 10.6. The van der Waals surface area contributed by atoms with Gasteiger partial charge in [-0.25, -0.2) is 9.18 Å². The van der Waals surface area contributed by atoms with Gasteiger partial charge in [-0.3, -0.25) is 0 Å². The van der Waals surface area contributed by atoms with E-state index in [1.807, 2.05) is 24.3 Å². The summed E-state index contributed by atoms with van der Waals surface area (Å²) in [6.45, 7) is 4.81. The third-order valence-electron chi connectivity index (χ3n) is 4.18. The number of esters is 1. The van der Waals surface area contributed by atoms with Crippen molar-refractivity contribution < 1.29 is 18.7 Å². The van der Waals surface area contributed by atoms with Gasteiger partial charge in [-0.2, -0.15) is 0 Å². The van der Waals surface area contributed by atoms with E-state index in [1.54, 1.807) is 6.92 Å². The Morgan fingerprint density at radius 2 is 1.73 bits per heavy atom. The average molecular weight is 361 g/mol. The van der Waals surface area contributed by atoms with Crippen LogP contribution in [0.15, 0.2) is 30.3 Å². The molecule has 0 spiro atoms. The molecule has 2 rings (SSSR count). The summed E-state index contributed by atoms with van der Waals surface area (Å²) in [6.07, 6.45) is 7.37. The maximum absolute atomic E-state index is 13.9. The molecule has 1 aromatic carbocycles. The molecular formula is C21H28FNO3. The van der Waals surface area contributed by atoms with Crippen molar-refractivity contribution >= 4 is 5.97 Å². The molecule has 0 saturated carbocycles. The SMILES string of the molecule is CCCCCCCCOc1ccc(-c2cc(F)c(C(=O)OCC)[nH]2)cc1. The number of H-pyrrole nitrogens is 1. The first-order chi connectivity index (χ1) is 12.7. The maximum atomic E-state index is 13.9. The molecule has 2 aromatic rings. The van der Waals surface area contributed by atoms with Crippen LogP contribution >= 0.6 is 0 Å². The fourth-order valence-electron chi connectivity index (χ4n) is 2.74. The standard InChI is InChI=1S/C21H28FNO3/c1-3-5-6-7-8-9-14-26-17-12-10-16(11-13-17)19-15-18(22)20(23-19)21(24)25-4-2/h10-13,15,23H,3-9,14H2,1-2H3. The minimum Gasteiger partial charge on any atom is -0.494 e. The summed E-state index contributed by atoms with van der Waals surface area (Å²) in [5, 5.41) is 0. The molecule has 142 valence electrons. The number of halogens is 1. The molecule has 5 heteroatoms. The number of aromatic amines is 1. The van der Waals surface area contributed by atoms with E-state index in [9.17, 15) is 9.18 Å². The third-order valence-corrected chi connectivity index (χ3v) is 4.18. The number of hydrogen-bond acceptors (Lipinski definition) is 3. The smallest absolute Gasteiger partial charge is 0.357 e. The first-order valence-electron chi connectivity index (χ1n) is 9.44. The van der Waals surface area contributed by atoms with E-state index in [0.29, 0.717) is 12.3 Å². The molecule has 1 N–H and O–H groups in total. The van der Waals surface area contributed by atoms with Gasteiger partial charge in [-0.15, -0.1) is 0 Å². The molecule has 0 atom stereocenters. The number of benzene rings is 1. The molecule has 0 saturated heterocycles. The van der Waals surface area contributed by atoms with Crippen molar-refractivity contribution in [2.45, 2.75) is 52.4 Å². The minimum absolute atomic E-state index is 0.148. The van der Waals surface area contributed by atoms with Crippen LogP contribution < -0.4 is 4.74 Å². The number of aromatic nitrogens is 1. The second-order valence-electron chi connectivity index (χ2n) is 6.27. The molecule has 0 bridgehead atoms. The molecule has 0 radical (unpaired) electrons. The minimum atomic E-state index is -0.685. The summed E-state index contributed by atoms with van der Waals surface area (Å²) in [5.74, 6) is -0.503. The second-order valence-corrected chi connectivity index (χ2v) is 6.27. The molecule has 0 fully saturated rings. The van der Waals surface area contributed by atoms with Crippen LogP contribution in [0.4, 0.5) is 4.39 Å². The molecule has 26 heavy (non-hydrogen) atoms. The summed E-state index contributed by atoms with van der Waals surface area (Å²) in [7, 11) is 0. The van der Waals surface area contributed by atoms with Crippen molar-refractivity contribution in [1.29, 1.82) is 0 Å². The zero-order valence-corrected chi connectivity index (χ0v) is 15.6. The van der Waals surface area contributed by atoms with Crippen molar-refractivity contribution in [2.24, 2.45) is 0 Å². The lowest BCUT2D eigenvalue weighted by molar-refractivity contribution is 0.0515. The zero-order valence-electron chi connectivity index (χ0n) is 15.6. The zero-order chi connectivity index (χ0) is 18.8. The molecular weight excluding hydrogens is 333 g/mol. The molecule has 0 unspecified atom stereocenters. The lowest BCUT2D eigenvalue weighted by atomic mass is 10.1. The van der Waals surface area contributed by atoms with Crippen LogP contribution in [0.5, 0.6) is 5.75 Å². The van der Waals surface area contributed by atoms with Crippen molar-refractivity contribution in [1.82, 2.24) is 4.98 Å². The average Bonchev–Trinajstić information content (AvgIpc) is 3.03. The Kier molecular flexibility index (Phi) is 8.19. The van der Waals surface area contributed by atoms with Gasteiger partial charge >= 0.3 is 5.97 Å². The van der Waals surface area contributed by atoms with Crippen molar-refractivity contribution in [3.8, 4) is 17.0 Å². The predicted molar refractivity (Wildman–Crippen MR) is 101 cm³/mol. The van der Waals surface area contributed by atoms with E-state index in [0.717, 1.165) is 17.7 Å². The number of rotatable bonds is 11. The van der Waals surface area contributed by atoms with E-state index >= 15 is 0 Å². The summed E-state index contributed by atoms with van der Waals surface area (Å²) in [5.41, 5.74) is 1.17. The van der Waals surface area contributed by atoms with Crippen LogP contribution in [-0.4, -0.2) is 24.2 Å². The Balaban J connectivity index is 1.85. The van der Waals surface area contributed by atoms with Crippen LogP contribution in [-0.2, 0) is 4.74 Å². The molecule has 0 amide bonds. The number of ether oxygens (including phenoxy) is 2. The Hall–Kier alpha value is -2.30. The summed E-state index contributed by atoms with van der Waals surface area (Å²) in [6, 6.07) is 8.70. The Labute approximate surface area is 154 Å². The summed E-state index contributed by atoms with van der Waals surface area (Å²) < 4.78 is 24.5. The largest absolute Gasteiger partial charge is 0.494 e. The van der Waals surface area contributed by atoms with Gasteiger partial charge in [0, 0.05) is 11.8 Å². The van der Waals surface area contributed by atoms with Gasteiger partial charge in [0.25, 0.3) is 0 Å². The topological polar surface area (TPSA) is 51.3 Å². The molecule has 4 nitrogen and oxygen atoms in total. The fraction of sp³-hybridized carbons (Fsp3) is 0.476. The van der Waals surface area contributed by atoms with Gasteiger partial charge in [0.2, 0.25) is 0 Å². The Bertz CT molecular complexity index is 679. The molecule has 0 aliphatic rings. The van der Waals surface area contributed by atoms with Gasteiger partial charge in [0.05, 0.1) is 13.2 Å². The first kappa shape index (κ1) is 20.0. The first-order valence-corrected chi connectivity index (χ1v) is 9.44. The van der Waals surface area contributed by atoms with Crippen molar-refractivity contribution in [3.63, 3.8) is 0 Å². The van der Waals surface area contributed by atoms with Gasteiger partial charge in [0.1, 0.15) is 5.75 Å². The van der Waals surface area contributed by atoms with Crippen LogP contribution in [0.25, 0.3) is 11.3 Å². The van der Waals surface area contributed by atoms with Gasteiger partial charge in [0.15, 0.2) is 11.5 Å². The number of nitrogens with one attached hydrogen (secondary N) is 1. The van der Waals surface area contributed by atoms with Gasteiger partial charge in [-0.05, 0) is 43.2 Å². The maximum Gasteiger partial charge on any atom is 0.357 e. The molecule has 1 aromatic heterocycles. The number of carbonyl (C=O) groups excluding carboxylic acids is 1. The van der Waals surface area contributed by atoms with Crippen LogP contribution in [0.2, 0.25) is 0 Å². The van der Waals surface area contributed by atoms with E-state index in [-0.39, 0.29) is 12.3 Å². The predicted octanol–water partition coefficient (Wildman–Crippen LogP) is 5.74. The van der Waals surface area contributed by atoms with Crippen LogP contribution in [0.3, 0.4) is 0 Å². The number of unbranched alkanes of at least 4 members (excludes halogenated alkanes) is 5. The number of hydrogen-bond donors (Lipinski definition) is 1. The van der Waals surface area contributed by atoms with E-state index in [4.69, 9.17) is 9.47 Å². The molecule has 0 aliphatic carbocycles. The summed E-state index contributed by atoms with van der Waals surface area (Å²) >= 11 is 0. The third kappa shape index (κ3) is 5.90. The van der Waals surface area contributed by atoms with Gasteiger partial charge < -0.3 is 14.5 Å². The van der Waals surface area contributed by atoms with E-state index in [2.05, 4.69) is 11.9 Å². The quantitative estimate of drug-likeness (QED) is 0.410. The van der Waals surface area contributed by atoms with Crippen LogP contribution in [0, 0.1) is 5.82 Å². The highest BCUT2D eigenvalue weighted by molar-refractivity contribution is 5.89. The highest BCUT2D eigenvalue weighted by Crippen LogP contribution is 2.24. The molecule has 0 aliphatic heterocycles. The van der Waals surface area contributed by atoms with E-state index in [1.165, 1.54) is 38.2 Å².